The molecule has 0 bridgehead atoms. The molecule has 1 fully saturated rings. The summed E-state index contributed by atoms with van der Waals surface area (Å²) in [5.41, 5.74) is 5.48. The van der Waals surface area contributed by atoms with E-state index in [4.69, 9.17) is 4.74 Å². The Hall–Kier alpha value is -2.59. The topological polar surface area (TPSA) is 45.3 Å². The number of aromatic amines is 1. The summed E-state index contributed by atoms with van der Waals surface area (Å²) in [5, 5.41) is 1.18. The summed E-state index contributed by atoms with van der Waals surface area (Å²) in [6.45, 7) is 11.5. The van der Waals surface area contributed by atoms with Gasteiger partial charge in [0.2, 0.25) is 0 Å². The number of amides is 1. The van der Waals surface area contributed by atoms with E-state index in [1.807, 2.05) is 17.0 Å². The van der Waals surface area contributed by atoms with Crippen molar-refractivity contribution in [1.29, 1.82) is 0 Å². The number of benzene rings is 2. The van der Waals surface area contributed by atoms with E-state index in [9.17, 15) is 4.79 Å². The van der Waals surface area contributed by atoms with Crippen molar-refractivity contribution in [3.63, 3.8) is 0 Å². The van der Waals surface area contributed by atoms with E-state index in [1.165, 1.54) is 22.1 Å². The molecular formula is C25H30N2O2. The second kappa shape index (κ2) is 7.68. The highest BCUT2D eigenvalue weighted by molar-refractivity contribution is 5.98. The minimum Gasteiger partial charge on any atom is -0.378 e. The molecule has 3 aromatic rings. The molecule has 1 aliphatic rings. The highest BCUT2D eigenvalue weighted by Gasteiger charge is 2.34. The molecular weight excluding hydrogens is 360 g/mol. The number of carbonyl (C=O) groups is 1. The maximum Gasteiger partial charge on any atom is 0.254 e. The monoisotopic (exact) mass is 390 g/mol. The van der Waals surface area contributed by atoms with Crippen LogP contribution >= 0.6 is 0 Å². The van der Waals surface area contributed by atoms with Crippen LogP contribution in [-0.4, -0.2) is 42.1 Å². The minimum atomic E-state index is -0.123. The zero-order valence-corrected chi connectivity index (χ0v) is 17.8. The van der Waals surface area contributed by atoms with Gasteiger partial charge in [0.1, 0.15) is 0 Å². The largest absolute Gasteiger partial charge is 0.378 e. The molecule has 0 saturated carbocycles. The number of fused-ring (bicyclic) bond motifs is 1. The summed E-state index contributed by atoms with van der Waals surface area (Å²) >= 11 is 0. The molecule has 1 N–H and O–H groups in total. The van der Waals surface area contributed by atoms with Gasteiger partial charge in [0.25, 0.3) is 5.91 Å². The van der Waals surface area contributed by atoms with Gasteiger partial charge in [-0.3, -0.25) is 4.79 Å². The van der Waals surface area contributed by atoms with E-state index in [0.717, 1.165) is 11.1 Å². The van der Waals surface area contributed by atoms with E-state index >= 15 is 0 Å². The zero-order chi connectivity index (χ0) is 20.6. The highest BCUT2D eigenvalue weighted by atomic mass is 16.5. The fourth-order valence-electron chi connectivity index (χ4n) is 4.34. The standard InChI is InChI=1S/C25H30N2O2/c1-17(2)25(4,20-8-5-18(3)6-9-20)22-16-26-23-15-19(7-10-21(22)23)24(28)27-11-13-29-14-12-27/h5-10,15-17,26H,11-14H2,1-4H3. The van der Waals surface area contributed by atoms with Crippen LogP contribution in [0.4, 0.5) is 0 Å². The number of nitrogens with zero attached hydrogens (tertiary/aromatic N) is 1. The second-order valence-corrected chi connectivity index (χ2v) is 8.59. The second-order valence-electron chi connectivity index (χ2n) is 8.59. The Kier molecular flexibility index (Phi) is 5.22. The number of nitrogens with one attached hydrogen (secondary N) is 1. The fraction of sp³-hybridized carbons (Fsp3) is 0.400. The highest BCUT2D eigenvalue weighted by Crippen LogP contribution is 2.42. The Morgan fingerprint density at radius 1 is 1.10 bits per heavy atom. The number of ether oxygens (including phenoxy) is 1. The molecule has 0 aliphatic carbocycles. The van der Waals surface area contributed by atoms with E-state index in [1.54, 1.807) is 0 Å². The molecule has 1 aliphatic heterocycles. The molecule has 0 radical (unpaired) electrons. The van der Waals surface area contributed by atoms with Crippen molar-refractivity contribution in [3.8, 4) is 0 Å². The van der Waals surface area contributed by atoms with Gasteiger partial charge in [0, 0.05) is 41.2 Å². The third-order valence-corrected chi connectivity index (χ3v) is 6.59. The first-order chi connectivity index (χ1) is 13.9. The van der Waals surface area contributed by atoms with Gasteiger partial charge in [-0.15, -0.1) is 0 Å². The predicted octanol–water partition coefficient (Wildman–Crippen LogP) is 4.91. The molecule has 4 heteroatoms. The van der Waals surface area contributed by atoms with Crippen molar-refractivity contribution in [1.82, 2.24) is 9.88 Å². The molecule has 1 aromatic heterocycles. The lowest BCUT2D eigenvalue weighted by atomic mass is 9.68. The predicted molar refractivity (Wildman–Crippen MR) is 117 cm³/mol. The number of hydrogen-bond acceptors (Lipinski definition) is 2. The lowest BCUT2D eigenvalue weighted by Crippen LogP contribution is -2.40. The van der Waals surface area contributed by atoms with Gasteiger partial charge in [-0.1, -0.05) is 56.7 Å². The summed E-state index contributed by atoms with van der Waals surface area (Å²) in [5.74, 6) is 0.496. The first-order valence-electron chi connectivity index (χ1n) is 10.5. The van der Waals surface area contributed by atoms with Crippen LogP contribution in [0, 0.1) is 12.8 Å². The maximum atomic E-state index is 12.9. The number of carbonyl (C=O) groups excluding carboxylic acids is 1. The Labute approximate surface area is 172 Å². The summed E-state index contributed by atoms with van der Waals surface area (Å²) in [6.07, 6.45) is 2.12. The number of aromatic nitrogens is 1. The van der Waals surface area contributed by atoms with Gasteiger partial charge in [0.05, 0.1) is 13.2 Å². The van der Waals surface area contributed by atoms with Gasteiger partial charge in [-0.2, -0.15) is 0 Å². The average Bonchev–Trinajstić information content (AvgIpc) is 3.17. The number of hydrogen-bond donors (Lipinski definition) is 1. The average molecular weight is 391 g/mol. The summed E-state index contributed by atoms with van der Waals surface area (Å²) in [6, 6.07) is 14.9. The quantitative estimate of drug-likeness (QED) is 0.688. The molecule has 0 spiro atoms. The third-order valence-electron chi connectivity index (χ3n) is 6.59. The molecule has 152 valence electrons. The molecule has 4 rings (SSSR count). The Bertz CT molecular complexity index is 1010. The molecule has 1 unspecified atom stereocenters. The van der Waals surface area contributed by atoms with E-state index in [-0.39, 0.29) is 11.3 Å². The van der Waals surface area contributed by atoms with E-state index < -0.39 is 0 Å². The van der Waals surface area contributed by atoms with E-state index in [2.05, 4.69) is 69.2 Å². The smallest absolute Gasteiger partial charge is 0.254 e. The van der Waals surface area contributed by atoms with Gasteiger partial charge in [-0.05, 0) is 36.1 Å². The van der Waals surface area contributed by atoms with Crippen LogP contribution in [0.2, 0.25) is 0 Å². The molecule has 1 atom stereocenters. The number of rotatable bonds is 4. The number of morpholine rings is 1. The normalized spacial score (nSPS) is 16.9. The van der Waals surface area contributed by atoms with Crippen LogP contribution in [0.25, 0.3) is 10.9 Å². The summed E-state index contributed by atoms with van der Waals surface area (Å²) < 4.78 is 5.37. The Morgan fingerprint density at radius 2 is 1.79 bits per heavy atom. The van der Waals surface area contributed by atoms with E-state index in [0.29, 0.717) is 32.2 Å². The minimum absolute atomic E-state index is 0.0801. The first-order valence-corrected chi connectivity index (χ1v) is 10.5. The SMILES string of the molecule is Cc1ccc(C(C)(c2c[nH]c3cc(C(=O)N4CCOCC4)ccc23)C(C)C)cc1. The first kappa shape index (κ1) is 19.7. The van der Waals surface area contributed by atoms with Crippen LogP contribution in [0.15, 0.2) is 48.7 Å². The van der Waals surface area contributed by atoms with Crippen LogP contribution in [0.5, 0.6) is 0 Å². The van der Waals surface area contributed by atoms with Crippen LogP contribution in [0.3, 0.4) is 0 Å². The Morgan fingerprint density at radius 3 is 2.45 bits per heavy atom. The van der Waals surface area contributed by atoms with Crippen molar-refractivity contribution in [3.05, 3.63) is 70.9 Å². The molecule has 29 heavy (non-hydrogen) atoms. The van der Waals surface area contributed by atoms with Gasteiger partial charge < -0.3 is 14.6 Å². The van der Waals surface area contributed by atoms with Crippen molar-refractivity contribution >= 4 is 16.8 Å². The van der Waals surface area contributed by atoms with Crippen molar-refractivity contribution < 1.29 is 9.53 Å². The molecule has 4 nitrogen and oxygen atoms in total. The molecule has 2 heterocycles. The van der Waals surface area contributed by atoms with Crippen molar-refractivity contribution in [2.24, 2.45) is 5.92 Å². The van der Waals surface area contributed by atoms with Crippen molar-refractivity contribution in [2.75, 3.05) is 26.3 Å². The molecule has 2 aromatic carbocycles. The van der Waals surface area contributed by atoms with Gasteiger partial charge in [-0.25, -0.2) is 0 Å². The lowest BCUT2D eigenvalue weighted by Gasteiger charge is -2.35. The van der Waals surface area contributed by atoms with Crippen LogP contribution in [-0.2, 0) is 10.2 Å². The zero-order valence-electron chi connectivity index (χ0n) is 17.8. The molecule has 1 amide bonds. The summed E-state index contributed by atoms with van der Waals surface area (Å²) in [4.78, 5) is 18.2. The van der Waals surface area contributed by atoms with Crippen LogP contribution < -0.4 is 0 Å². The molecule has 1 saturated heterocycles. The number of aryl methyl sites for hydroxylation is 1. The fourth-order valence-corrected chi connectivity index (χ4v) is 4.34. The van der Waals surface area contributed by atoms with Crippen molar-refractivity contribution in [2.45, 2.75) is 33.1 Å². The maximum absolute atomic E-state index is 12.9. The van der Waals surface area contributed by atoms with Gasteiger partial charge in [0.15, 0.2) is 0 Å². The lowest BCUT2D eigenvalue weighted by molar-refractivity contribution is 0.0303. The van der Waals surface area contributed by atoms with Gasteiger partial charge >= 0.3 is 0 Å². The van der Waals surface area contributed by atoms with Crippen LogP contribution in [0.1, 0.15) is 47.8 Å². The summed E-state index contributed by atoms with van der Waals surface area (Å²) in [7, 11) is 0. The number of H-pyrrole nitrogens is 1. The third kappa shape index (κ3) is 3.46. The Balaban J connectivity index is 1.74.